The predicted molar refractivity (Wildman–Crippen MR) is 99.5 cm³/mol. The lowest BCUT2D eigenvalue weighted by atomic mass is 9.75. The monoisotopic (exact) mass is 438 g/mol. The number of carbonyl (C=O) groups is 1. The Morgan fingerprint density at radius 2 is 1.90 bits per heavy atom. The van der Waals surface area contributed by atoms with E-state index in [2.05, 4.69) is 4.98 Å². The summed E-state index contributed by atoms with van der Waals surface area (Å²) < 4.78 is 68.3. The molecule has 1 saturated carbocycles. The summed E-state index contributed by atoms with van der Waals surface area (Å²) in [4.78, 5) is 18.7. The summed E-state index contributed by atoms with van der Waals surface area (Å²) >= 11 is 5.32. The third kappa shape index (κ3) is 2.82. The molecule has 0 atom stereocenters. The fraction of sp³-hybridized carbons (Fsp3) is 0.263. The molecule has 1 aliphatic heterocycles. The summed E-state index contributed by atoms with van der Waals surface area (Å²) in [6.45, 7) is 0. The Morgan fingerprint density at radius 1 is 1.20 bits per heavy atom. The number of alkyl halides is 3. The number of halogens is 5. The average molecular weight is 438 g/mol. The van der Waals surface area contributed by atoms with Gasteiger partial charge in [-0.1, -0.05) is 0 Å². The Kier molecular flexibility index (Phi) is 4.50. The highest BCUT2D eigenvalue weighted by Gasteiger charge is 2.60. The second-order valence-electron chi connectivity index (χ2n) is 6.94. The molecule has 1 amide bonds. The Morgan fingerprint density at radius 3 is 2.47 bits per heavy atom. The lowest BCUT2D eigenvalue weighted by Gasteiger charge is -2.43. The van der Waals surface area contributed by atoms with E-state index in [9.17, 15) is 26.7 Å². The summed E-state index contributed by atoms with van der Waals surface area (Å²) in [5.41, 5.74) is -4.06. The minimum absolute atomic E-state index is 0.270. The molecular weight excluding hydrogens is 427 g/mol. The molecule has 1 saturated heterocycles. The first-order valence-corrected chi connectivity index (χ1v) is 9.12. The Bertz CT molecular complexity index is 1120. The van der Waals surface area contributed by atoms with Crippen molar-refractivity contribution in [2.24, 2.45) is 0 Å². The molecule has 1 spiro atoms. The van der Waals surface area contributed by atoms with Crippen LogP contribution in [0, 0.1) is 23.0 Å². The fourth-order valence-corrected chi connectivity index (χ4v) is 4.18. The van der Waals surface area contributed by atoms with Crippen molar-refractivity contribution in [3.63, 3.8) is 0 Å². The molecule has 0 radical (unpaired) electrons. The van der Waals surface area contributed by atoms with Crippen molar-refractivity contribution in [2.45, 2.75) is 31.0 Å². The quantitative estimate of drug-likeness (QED) is 0.517. The van der Waals surface area contributed by atoms with E-state index in [0.717, 1.165) is 34.2 Å². The Balaban J connectivity index is 1.86. The second kappa shape index (κ2) is 6.70. The number of pyridine rings is 1. The molecule has 11 heteroatoms. The summed E-state index contributed by atoms with van der Waals surface area (Å²) in [5.74, 6) is -2.23. The molecule has 0 unspecified atom stereocenters. The number of benzene rings is 1. The summed E-state index contributed by atoms with van der Waals surface area (Å²) in [6, 6.07) is 4.65. The van der Waals surface area contributed by atoms with Gasteiger partial charge >= 0.3 is 6.18 Å². The largest absolute Gasteiger partial charge is 0.419 e. The van der Waals surface area contributed by atoms with E-state index < -0.39 is 40.5 Å². The molecule has 0 bridgehead atoms. The lowest BCUT2D eigenvalue weighted by Crippen LogP contribution is -2.55. The number of nitrogens with zero attached hydrogens (tertiary/aromatic N) is 4. The van der Waals surface area contributed by atoms with Crippen LogP contribution in [-0.2, 0) is 11.0 Å². The number of thiocarbonyl (C=S) groups is 1. The molecule has 2 fully saturated rings. The average Bonchev–Trinajstić information content (AvgIpc) is 2.89. The maximum atomic E-state index is 14.5. The van der Waals surface area contributed by atoms with Crippen LogP contribution in [0.1, 0.15) is 30.5 Å². The first-order valence-electron chi connectivity index (χ1n) is 8.71. The van der Waals surface area contributed by atoms with Gasteiger partial charge in [0.15, 0.2) is 10.8 Å². The van der Waals surface area contributed by atoms with Crippen molar-refractivity contribution in [2.75, 3.05) is 9.80 Å². The predicted octanol–water partition coefficient (Wildman–Crippen LogP) is 4.31. The van der Waals surface area contributed by atoms with Crippen LogP contribution in [0.3, 0.4) is 0 Å². The van der Waals surface area contributed by atoms with Gasteiger partial charge in [-0.2, -0.15) is 18.4 Å². The molecule has 5 nitrogen and oxygen atoms in total. The van der Waals surface area contributed by atoms with Crippen LogP contribution in [0.2, 0.25) is 0 Å². The minimum atomic E-state index is -4.89. The number of rotatable bonds is 2. The third-order valence-electron chi connectivity index (χ3n) is 5.28. The molecule has 0 N–H and O–H groups in total. The van der Waals surface area contributed by atoms with E-state index >= 15 is 0 Å². The normalized spacial score (nSPS) is 18.0. The van der Waals surface area contributed by atoms with Crippen LogP contribution in [0.25, 0.3) is 0 Å². The van der Waals surface area contributed by atoms with Crippen LogP contribution in [0.15, 0.2) is 30.5 Å². The lowest BCUT2D eigenvalue weighted by molar-refractivity contribution is -0.138. The van der Waals surface area contributed by atoms with Crippen molar-refractivity contribution >= 4 is 34.6 Å². The number of carbonyl (C=O) groups excluding carboxylic acids is 1. The smallest absolute Gasteiger partial charge is 0.300 e. The minimum Gasteiger partial charge on any atom is -0.300 e. The number of anilines is 2. The van der Waals surface area contributed by atoms with Gasteiger partial charge in [0.25, 0.3) is 5.91 Å². The van der Waals surface area contributed by atoms with Gasteiger partial charge < -0.3 is 0 Å². The first kappa shape index (κ1) is 20.2. The highest BCUT2D eigenvalue weighted by Crippen LogP contribution is 2.48. The summed E-state index contributed by atoms with van der Waals surface area (Å²) in [7, 11) is 0. The summed E-state index contributed by atoms with van der Waals surface area (Å²) in [6.07, 6.45) is -2.81. The van der Waals surface area contributed by atoms with Gasteiger partial charge in [0, 0.05) is 6.07 Å². The van der Waals surface area contributed by atoms with Crippen molar-refractivity contribution in [3.8, 4) is 6.07 Å². The standard InChI is InChI=1S/C19H11F5N4OS/c20-10-2-3-13(21)15(6-10)28-17(30)27(16(29)18(28)4-1-5-18)11-7-12(19(22,23)24)14(8-25)26-9-11/h2-3,6-7,9H,1,4-5H2. The van der Waals surface area contributed by atoms with Gasteiger partial charge in [0.1, 0.15) is 23.2 Å². The van der Waals surface area contributed by atoms with E-state index in [1.165, 1.54) is 6.07 Å². The zero-order chi connectivity index (χ0) is 21.8. The number of aromatic nitrogens is 1. The second-order valence-corrected chi connectivity index (χ2v) is 7.30. The number of amides is 1. The molecular formula is C19H11F5N4OS. The van der Waals surface area contributed by atoms with Gasteiger partial charge in [0.2, 0.25) is 0 Å². The SMILES string of the molecule is N#Cc1ncc(N2C(=O)C3(CCC3)N(c3cc(F)ccc3F)C2=S)cc1C(F)(F)F. The van der Waals surface area contributed by atoms with Gasteiger partial charge in [-0.15, -0.1) is 0 Å². The van der Waals surface area contributed by atoms with E-state index in [1.54, 1.807) is 0 Å². The molecule has 154 valence electrons. The molecule has 1 aliphatic carbocycles. The molecule has 4 rings (SSSR count). The van der Waals surface area contributed by atoms with Gasteiger partial charge in [0.05, 0.1) is 23.1 Å². The van der Waals surface area contributed by atoms with Crippen LogP contribution < -0.4 is 9.80 Å². The first-order chi connectivity index (χ1) is 14.1. The topological polar surface area (TPSA) is 60.2 Å². The van der Waals surface area contributed by atoms with Crippen LogP contribution in [0.4, 0.5) is 33.3 Å². The molecule has 30 heavy (non-hydrogen) atoms. The molecule has 2 aromatic rings. The van der Waals surface area contributed by atoms with Crippen LogP contribution >= 0.6 is 12.2 Å². The van der Waals surface area contributed by atoms with Crippen molar-refractivity contribution in [3.05, 3.63) is 53.4 Å². The van der Waals surface area contributed by atoms with E-state index in [-0.39, 0.29) is 29.3 Å². The Hall–Kier alpha value is -3.13. The third-order valence-corrected chi connectivity index (χ3v) is 5.65. The van der Waals surface area contributed by atoms with Crippen molar-refractivity contribution in [1.82, 2.24) is 4.98 Å². The van der Waals surface area contributed by atoms with Crippen molar-refractivity contribution < 1.29 is 26.7 Å². The molecule has 2 aliphatic rings. The highest BCUT2D eigenvalue weighted by atomic mass is 32.1. The number of hydrogen-bond donors (Lipinski definition) is 0. The maximum Gasteiger partial charge on any atom is 0.419 e. The molecule has 2 heterocycles. The van der Waals surface area contributed by atoms with Crippen LogP contribution in [0.5, 0.6) is 0 Å². The van der Waals surface area contributed by atoms with E-state index in [0.29, 0.717) is 12.5 Å². The summed E-state index contributed by atoms with van der Waals surface area (Å²) in [5, 5.41) is 8.63. The number of hydrogen-bond acceptors (Lipinski definition) is 4. The molecule has 1 aromatic carbocycles. The maximum absolute atomic E-state index is 14.5. The fourth-order valence-electron chi connectivity index (χ4n) is 3.72. The zero-order valence-corrected chi connectivity index (χ0v) is 15.8. The van der Waals surface area contributed by atoms with Gasteiger partial charge in [-0.05, 0) is 49.7 Å². The van der Waals surface area contributed by atoms with Crippen LogP contribution in [-0.4, -0.2) is 21.5 Å². The Labute approximate surface area is 172 Å². The van der Waals surface area contributed by atoms with E-state index in [1.807, 2.05) is 0 Å². The van der Waals surface area contributed by atoms with Crippen molar-refractivity contribution in [1.29, 1.82) is 5.26 Å². The van der Waals surface area contributed by atoms with Gasteiger partial charge in [-0.25, -0.2) is 13.8 Å². The number of nitriles is 1. The zero-order valence-electron chi connectivity index (χ0n) is 15.0. The van der Waals surface area contributed by atoms with Gasteiger partial charge in [-0.3, -0.25) is 14.6 Å². The highest BCUT2D eigenvalue weighted by molar-refractivity contribution is 7.81. The van der Waals surface area contributed by atoms with E-state index in [4.69, 9.17) is 17.5 Å². The molecule has 1 aromatic heterocycles.